The molecule has 0 radical (unpaired) electrons. The van der Waals surface area contributed by atoms with Gasteiger partial charge in [0, 0.05) is 42.3 Å². The minimum atomic E-state index is -1.16. The fourth-order valence-electron chi connectivity index (χ4n) is 3.59. The summed E-state index contributed by atoms with van der Waals surface area (Å²) >= 11 is 0. The van der Waals surface area contributed by atoms with Crippen LogP contribution in [0.15, 0.2) is 55.1 Å². The summed E-state index contributed by atoms with van der Waals surface area (Å²) in [6, 6.07) is 11.8. The number of methoxy groups -OCH3 is 2. The lowest BCUT2D eigenvalue weighted by Gasteiger charge is -2.26. The summed E-state index contributed by atoms with van der Waals surface area (Å²) in [5.41, 5.74) is 3.97. The molecular weight excluding hydrogens is 450 g/mol. The molecule has 2 aromatic carbocycles. The molecule has 0 fully saturated rings. The minimum absolute atomic E-state index is 0.127. The van der Waals surface area contributed by atoms with Crippen LogP contribution in [0.25, 0.3) is 16.9 Å². The van der Waals surface area contributed by atoms with Crippen LogP contribution in [0.1, 0.15) is 5.69 Å². The molecule has 0 saturated heterocycles. The third kappa shape index (κ3) is 5.36. The van der Waals surface area contributed by atoms with Gasteiger partial charge in [0.05, 0.1) is 50.4 Å². The van der Waals surface area contributed by atoms with Gasteiger partial charge in [-0.2, -0.15) is 0 Å². The summed E-state index contributed by atoms with van der Waals surface area (Å²) < 4.78 is 18.7. The average Bonchev–Trinajstić information content (AvgIpc) is 3.35. The van der Waals surface area contributed by atoms with Crippen LogP contribution in [0.5, 0.6) is 11.5 Å². The summed E-state index contributed by atoms with van der Waals surface area (Å²) in [6.07, 6.45) is 5.05. The zero-order valence-corrected chi connectivity index (χ0v) is 21.0. The van der Waals surface area contributed by atoms with Crippen LogP contribution in [-0.2, 0) is 11.0 Å². The largest absolute Gasteiger partial charge is 0.497 e. The van der Waals surface area contributed by atoms with E-state index in [0.717, 1.165) is 22.4 Å². The molecule has 4 rings (SSSR count). The van der Waals surface area contributed by atoms with Crippen LogP contribution in [-0.4, -0.2) is 61.0 Å². The number of nitrogens with zero attached hydrogens (tertiary/aromatic N) is 5. The molecule has 10 heteroatoms. The van der Waals surface area contributed by atoms with Gasteiger partial charge in [-0.15, -0.1) is 0 Å². The van der Waals surface area contributed by atoms with Crippen molar-refractivity contribution >= 4 is 31.4 Å². The molecule has 0 atom stereocenters. The van der Waals surface area contributed by atoms with Gasteiger partial charge in [-0.1, -0.05) is 0 Å². The van der Waals surface area contributed by atoms with E-state index in [2.05, 4.69) is 28.0 Å². The van der Waals surface area contributed by atoms with Gasteiger partial charge >= 0.3 is 0 Å². The molecule has 0 saturated carbocycles. The van der Waals surface area contributed by atoms with E-state index in [9.17, 15) is 5.11 Å². The van der Waals surface area contributed by atoms with Crippen molar-refractivity contribution in [2.24, 2.45) is 0 Å². The number of aliphatic hydroxyl groups is 1. The number of hydrogen-bond donors (Lipinski definition) is 1. The number of ether oxygens (including phenoxy) is 2. The summed E-state index contributed by atoms with van der Waals surface area (Å²) in [5.74, 6) is 2.04. The molecule has 0 amide bonds. The Morgan fingerprint density at radius 1 is 0.971 bits per heavy atom. The first-order valence-electron chi connectivity index (χ1n) is 11.0. The van der Waals surface area contributed by atoms with Crippen molar-refractivity contribution < 1.29 is 19.0 Å². The summed E-state index contributed by atoms with van der Waals surface area (Å²) in [4.78, 5) is 15.7. The van der Waals surface area contributed by atoms with Crippen LogP contribution in [0.3, 0.4) is 0 Å². The van der Waals surface area contributed by atoms with E-state index < -0.39 is 9.04 Å². The Bertz CT molecular complexity index is 1240. The molecule has 0 aliphatic heterocycles. The second-order valence-corrected chi connectivity index (χ2v) is 10.4. The molecule has 0 aliphatic rings. The zero-order chi connectivity index (χ0) is 24.1. The molecule has 34 heavy (non-hydrogen) atoms. The van der Waals surface area contributed by atoms with Crippen LogP contribution in [0, 0.1) is 0 Å². The molecule has 178 valence electrons. The first-order chi connectivity index (χ1) is 16.5. The molecule has 9 nitrogen and oxygen atoms in total. The van der Waals surface area contributed by atoms with Gasteiger partial charge in [-0.3, -0.25) is 9.55 Å². The van der Waals surface area contributed by atoms with Gasteiger partial charge in [0.2, 0.25) is 0 Å². The standard InChI is InChI=1S/C24H29N5O4Si/c1-31-20-9-19(10-21(12-20)32-2)29(7-8-33-34(3)4)18-5-6-22-23(11-18)27-24(13-25-22)28-14-17(15-30)26-16-28/h5-6,9-14,16,30,34H,7-8,15H2,1-4H3. The lowest BCUT2D eigenvalue weighted by Crippen LogP contribution is -2.24. The lowest BCUT2D eigenvalue weighted by molar-refractivity contribution is 0.277. The second-order valence-electron chi connectivity index (χ2n) is 7.97. The number of imidazole rings is 1. The molecular formula is C24H29N5O4Si. The van der Waals surface area contributed by atoms with Crippen molar-refractivity contribution in [3.05, 3.63) is 60.8 Å². The Morgan fingerprint density at radius 2 is 1.74 bits per heavy atom. The highest BCUT2D eigenvalue weighted by molar-refractivity contribution is 6.48. The quantitative estimate of drug-likeness (QED) is 0.346. The van der Waals surface area contributed by atoms with Crippen molar-refractivity contribution in [2.45, 2.75) is 19.7 Å². The highest BCUT2D eigenvalue weighted by atomic mass is 28.3. The number of fused-ring (bicyclic) bond motifs is 1. The number of rotatable bonds is 10. The van der Waals surface area contributed by atoms with Crippen molar-refractivity contribution in [3.63, 3.8) is 0 Å². The molecule has 0 unspecified atom stereocenters. The predicted octanol–water partition coefficient (Wildman–Crippen LogP) is 3.46. The van der Waals surface area contributed by atoms with Crippen LogP contribution in [0.2, 0.25) is 13.1 Å². The Hall–Kier alpha value is -3.47. The monoisotopic (exact) mass is 479 g/mol. The van der Waals surface area contributed by atoms with Gasteiger partial charge in [-0.25, -0.2) is 9.97 Å². The van der Waals surface area contributed by atoms with Crippen molar-refractivity contribution in [1.29, 1.82) is 0 Å². The summed E-state index contributed by atoms with van der Waals surface area (Å²) in [6.45, 7) is 5.45. The van der Waals surface area contributed by atoms with E-state index >= 15 is 0 Å². The van der Waals surface area contributed by atoms with Gasteiger partial charge in [0.15, 0.2) is 14.9 Å². The van der Waals surface area contributed by atoms with Gasteiger partial charge < -0.3 is 23.9 Å². The molecule has 2 aromatic heterocycles. The normalized spacial score (nSPS) is 11.2. The van der Waals surface area contributed by atoms with E-state index in [1.54, 1.807) is 37.5 Å². The molecule has 0 bridgehead atoms. The lowest BCUT2D eigenvalue weighted by atomic mass is 10.2. The van der Waals surface area contributed by atoms with E-state index in [1.807, 2.05) is 36.4 Å². The van der Waals surface area contributed by atoms with Crippen molar-refractivity contribution in [2.75, 3.05) is 32.3 Å². The smallest absolute Gasteiger partial charge is 0.170 e. The number of anilines is 2. The predicted molar refractivity (Wildman–Crippen MR) is 134 cm³/mol. The molecule has 4 aromatic rings. The highest BCUT2D eigenvalue weighted by Gasteiger charge is 2.15. The Labute approximate surface area is 200 Å². The van der Waals surface area contributed by atoms with Crippen molar-refractivity contribution in [3.8, 4) is 17.3 Å². The maximum absolute atomic E-state index is 9.31. The van der Waals surface area contributed by atoms with Crippen molar-refractivity contribution in [1.82, 2.24) is 19.5 Å². The fraction of sp³-hybridized carbons (Fsp3) is 0.292. The average molecular weight is 480 g/mol. The highest BCUT2D eigenvalue weighted by Crippen LogP contribution is 2.33. The number of aromatic nitrogens is 4. The maximum atomic E-state index is 9.31. The first-order valence-corrected chi connectivity index (χ1v) is 13.8. The van der Waals surface area contributed by atoms with Crippen LogP contribution < -0.4 is 14.4 Å². The Morgan fingerprint density at radius 3 is 2.38 bits per heavy atom. The topological polar surface area (TPSA) is 94.8 Å². The second kappa shape index (κ2) is 10.6. The van der Waals surface area contributed by atoms with Crippen LogP contribution in [0.4, 0.5) is 11.4 Å². The van der Waals surface area contributed by atoms with Gasteiger partial charge in [0.1, 0.15) is 17.8 Å². The number of aliphatic hydroxyl groups excluding tert-OH is 1. The first kappa shape index (κ1) is 23.7. The Kier molecular flexibility index (Phi) is 7.41. The fourth-order valence-corrected chi connectivity index (χ4v) is 4.16. The zero-order valence-electron chi connectivity index (χ0n) is 19.8. The molecule has 0 aliphatic carbocycles. The minimum Gasteiger partial charge on any atom is -0.497 e. The van der Waals surface area contributed by atoms with E-state index in [0.29, 0.717) is 36.2 Å². The third-order valence-corrected chi connectivity index (χ3v) is 6.20. The molecule has 0 spiro atoms. The third-order valence-electron chi connectivity index (χ3n) is 5.30. The Balaban J connectivity index is 1.75. The molecule has 2 heterocycles. The van der Waals surface area contributed by atoms with E-state index in [-0.39, 0.29) is 6.61 Å². The number of hydrogen-bond acceptors (Lipinski definition) is 8. The molecule has 1 N–H and O–H groups in total. The van der Waals surface area contributed by atoms with Crippen LogP contribution >= 0.6 is 0 Å². The SMILES string of the molecule is COc1cc(OC)cc(N(CCO[SiH](C)C)c2ccc3ncc(-n4cnc(CO)c4)nc3c2)c1. The summed E-state index contributed by atoms with van der Waals surface area (Å²) in [7, 11) is 2.12. The van der Waals surface area contributed by atoms with E-state index in [4.69, 9.17) is 18.9 Å². The van der Waals surface area contributed by atoms with E-state index in [1.165, 1.54) is 0 Å². The van der Waals surface area contributed by atoms with Gasteiger partial charge in [-0.05, 0) is 31.3 Å². The summed E-state index contributed by atoms with van der Waals surface area (Å²) in [5, 5.41) is 9.31. The van der Waals surface area contributed by atoms with Gasteiger partial charge in [0.25, 0.3) is 0 Å². The number of benzene rings is 2. The maximum Gasteiger partial charge on any atom is 0.170 e.